The molecule has 1 heterocycles. The number of esters is 1. The molecule has 0 saturated carbocycles. The molecule has 0 fully saturated rings. The molecule has 47 heavy (non-hydrogen) atoms. The SMILES string of the molecule is CCOc1cc([C@H]2NC(=O)NC(C)=C2C(=O)OC)ccc1OC[C@H](O)N/N=C\c1cc(Cl)c(OCc2cccc(C)c2)c(OCC)c1. The highest BCUT2D eigenvalue weighted by atomic mass is 35.5. The summed E-state index contributed by atoms with van der Waals surface area (Å²) in [6.07, 6.45) is 0.309. The maximum atomic E-state index is 12.5. The largest absolute Gasteiger partial charge is 0.490 e. The third kappa shape index (κ3) is 9.30. The van der Waals surface area contributed by atoms with Crippen molar-refractivity contribution in [3.05, 3.63) is 93.1 Å². The molecule has 2 atom stereocenters. The van der Waals surface area contributed by atoms with Gasteiger partial charge in [0, 0.05) is 5.70 Å². The Labute approximate surface area is 278 Å². The number of benzene rings is 3. The van der Waals surface area contributed by atoms with Crippen LogP contribution in [0.15, 0.2) is 71.0 Å². The van der Waals surface area contributed by atoms with E-state index in [1.165, 1.54) is 13.3 Å². The fourth-order valence-corrected chi connectivity index (χ4v) is 5.12. The van der Waals surface area contributed by atoms with E-state index in [4.69, 9.17) is 35.3 Å². The molecule has 1 aliphatic rings. The average Bonchev–Trinajstić information content (AvgIpc) is 3.03. The van der Waals surface area contributed by atoms with Crippen molar-refractivity contribution in [1.29, 1.82) is 0 Å². The van der Waals surface area contributed by atoms with Gasteiger partial charge in [0.1, 0.15) is 13.2 Å². The van der Waals surface area contributed by atoms with Gasteiger partial charge in [0.2, 0.25) is 0 Å². The van der Waals surface area contributed by atoms with Crippen molar-refractivity contribution in [1.82, 2.24) is 16.1 Å². The third-order valence-electron chi connectivity index (χ3n) is 6.91. The van der Waals surface area contributed by atoms with Gasteiger partial charge in [-0.2, -0.15) is 5.10 Å². The maximum absolute atomic E-state index is 12.5. The number of aryl methyl sites for hydroxylation is 1. The third-order valence-corrected chi connectivity index (χ3v) is 7.19. The summed E-state index contributed by atoms with van der Waals surface area (Å²) in [6, 6.07) is 15.2. The van der Waals surface area contributed by atoms with Crippen LogP contribution in [-0.2, 0) is 16.1 Å². The Kier molecular flexibility index (Phi) is 12.3. The minimum Gasteiger partial charge on any atom is -0.490 e. The molecule has 0 aromatic heterocycles. The van der Waals surface area contributed by atoms with E-state index >= 15 is 0 Å². The van der Waals surface area contributed by atoms with Crippen molar-refractivity contribution in [3.63, 3.8) is 0 Å². The van der Waals surface area contributed by atoms with E-state index in [1.54, 1.807) is 37.3 Å². The zero-order valence-corrected chi connectivity index (χ0v) is 27.6. The van der Waals surface area contributed by atoms with Crippen molar-refractivity contribution in [3.8, 4) is 23.0 Å². The van der Waals surface area contributed by atoms with Crippen molar-refractivity contribution in [2.75, 3.05) is 26.9 Å². The lowest BCUT2D eigenvalue weighted by molar-refractivity contribution is -0.136. The minimum atomic E-state index is -1.18. The molecule has 13 heteroatoms. The highest BCUT2D eigenvalue weighted by Crippen LogP contribution is 2.37. The Morgan fingerprint density at radius 3 is 2.51 bits per heavy atom. The molecule has 0 spiro atoms. The monoisotopic (exact) mass is 666 g/mol. The van der Waals surface area contributed by atoms with Gasteiger partial charge in [-0.1, -0.05) is 47.5 Å². The topological polar surface area (TPSA) is 149 Å². The van der Waals surface area contributed by atoms with Gasteiger partial charge in [0.05, 0.1) is 43.2 Å². The second-order valence-electron chi connectivity index (χ2n) is 10.5. The number of ether oxygens (including phenoxy) is 5. The zero-order valence-electron chi connectivity index (χ0n) is 26.9. The number of nitrogens with zero attached hydrogens (tertiary/aromatic N) is 1. The highest BCUT2D eigenvalue weighted by molar-refractivity contribution is 6.32. The van der Waals surface area contributed by atoms with Crippen LogP contribution in [-0.4, -0.2) is 56.5 Å². The van der Waals surface area contributed by atoms with Gasteiger partial charge in [-0.05, 0) is 68.7 Å². The van der Waals surface area contributed by atoms with E-state index < -0.39 is 24.3 Å². The second-order valence-corrected chi connectivity index (χ2v) is 10.9. The van der Waals surface area contributed by atoms with E-state index in [0.717, 1.165) is 11.1 Å². The van der Waals surface area contributed by atoms with Crippen LogP contribution in [0.5, 0.6) is 23.0 Å². The van der Waals surface area contributed by atoms with Crippen LogP contribution in [0, 0.1) is 6.92 Å². The quantitative estimate of drug-likeness (QED) is 0.0748. The molecule has 1 aliphatic heterocycles. The van der Waals surface area contributed by atoms with Crippen LogP contribution in [0.1, 0.15) is 49.1 Å². The Morgan fingerprint density at radius 2 is 1.79 bits per heavy atom. The lowest BCUT2D eigenvalue weighted by atomic mass is 9.95. The fraction of sp³-hybridized carbons (Fsp3) is 0.324. The lowest BCUT2D eigenvalue weighted by Gasteiger charge is -2.28. The van der Waals surface area contributed by atoms with Gasteiger partial charge < -0.3 is 39.4 Å². The number of aliphatic hydroxyl groups is 1. The number of carbonyl (C=O) groups excluding carboxylic acids is 2. The van der Waals surface area contributed by atoms with Gasteiger partial charge in [-0.3, -0.25) is 5.43 Å². The van der Waals surface area contributed by atoms with Gasteiger partial charge in [-0.15, -0.1) is 0 Å². The first-order valence-corrected chi connectivity index (χ1v) is 15.4. The summed E-state index contributed by atoms with van der Waals surface area (Å²) >= 11 is 6.56. The van der Waals surface area contributed by atoms with Gasteiger partial charge in [0.25, 0.3) is 0 Å². The number of hydrogen-bond donors (Lipinski definition) is 4. The molecule has 0 radical (unpaired) electrons. The summed E-state index contributed by atoms with van der Waals surface area (Å²) in [6.45, 7) is 8.20. The minimum absolute atomic E-state index is 0.177. The molecule has 12 nitrogen and oxygen atoms in total. The first-order chi connectivity index (χ1) is 22.6. The number of methoxy groups -OCH3 is 1. The summed E-state index contributed by atoms with van der Waals surface area (Å²) in [5.41, 5.74) is 6.61. The number of aliphatic hydroxyl groups excluding tert-OH is 1. The molecular formula is C34H39ClN4O8. The van der Waals surface area contributed by atoms with Crippen LogP contribution in [0.2, 0.25) is 5.02 Å². The summed E-state index contributed by atoms with van der Waals surface area (Å²) in [5, 5.41) is 20.3. The average molecular weight is 667 g/mol. The standard InChI is InChI=1S/C34H39ClN4O8/c1-6-44-27-16-24(31-30(33(41)43-5)21(4)37-34(42)38-31)11-12-26(27)46-19-29(40)39-36-17-23-14-25(35)32(28(15-23)45-7-2)47-18-22-10-8-9-20(3)13-22/h8-17,29,31,39-40H,6-7,18-19H2,1-5H3,(H2,37,38,42)/b36-17-/t29-,31+/m0/s1. The molecule has 2 amide bonds. The molecule has 250 valence electrons. The Bertz CT molecular complexity index is 1640. The number of rotatable bonds is 15. The number of halogens is 1. The molecule has 0 aliphatic carbocycles. The van der Waals surface area contributed by atoms with E-state index in [1.807, 2.05) is 45.0 Å². The highest BCUT2D eigenvalue weighted by Gasteiger charge is 2.32. The smallest absolute Gasteiger partial charge is 0.337 e. The van der Waals surface area contributed by atoms with E-state index in [9.17, 15) is 14.7 Å². The molecule has 0 bridgehead atoms. The van der Waals surface area contributed by atoms with E-state index in [2.05, 4.69) is 21.2 Å². The summed E-state index contributed by atoms with van der Waals surface area (Å²) in [7, 11) is 1.27. The predicted octanol–water partition coefficient (Wildman–Crippen LogP) is 5.15. The fourth-order valence-electron chi connectivity index (χ4n) is 4.84. The first kappa shape index (κ1) is 34.9. The maximum Gasteiger partial charge on any atom is 0.337 e. The van der Waals surface area contributed by atoms with Crippen LogP contribution < -0.4 is 35.0 Å². The molecule has 0 unspecified atom stereocenters. The van der Waals surface area contributed by atoms with E-state index in [0.29, 0.717) is 64.7 Å². The first-order valence-electron chi connectivity index (χ1n) is 15.0. The van der Waals surface area contributed by atoms with Gasteiger partial charge >= 0.3 is 12.0 Å². The molecule has 4 rings (SSSR count). The Morgan fingerprint density at radius 1 is 1.02 bits per heavy atom. The number of urea groups is 1. The molecule has 0 saturated heterocycles. The number of amides is 2. The molecule has 3 aromatic carbocycles. The van der Waals surface area contributed by atoms with Gasteiger partial charge in [-0.25, -0.2) is 9.59 Å². The second kappa shape index (κ2) is 16.6. The molecule has 4 N–H and O–H groups in total. The van der Waals surface area contributed by atoms with Crippen LogP contribution in [0.4, 0.5) is 4.79 Å². The van der Waals surface area contributed by atoms with Crippen molar-refractivity contribution in [2.45, 2.75) is 46.6 Å². The summed E-state index contributed by atoms with van der Waals surface area (Å²) < 4.78 is 28.3. The van der Waals surface area contributed by atoms with Crippen molar-refractivity contribution < 1.29 is 38.4 Å². The molecular weight excluding hydrogens is 628 g/mol. The molecule has 3 aromatic rings. The van der Waals surface area contributed by atoms with Crippen molar-refractivity contribution in [2.24, 2.45) is 5.10 Å². The lowest BCUT2D eigenvalue weighted by Crippen LogP contribution is -2.45. The number of hydrazone groups is 1. The van der Waals surface area contributed by atoms with Crippen LogP contribution in [0.25, 0.3) is 0 Å². The number of hydrogen-bond acceptors (Lipinski definition) is 10. The number of carbonyl (C=O) groups is 2. The predicted molar refractivity (Wildman–Crippen MR) is 177 cm³/mol. The zero-order chi connectivity index (χ0) is 33.9. The Hall–Kier alpha value is -4.94. The van der Waals surface area contributed by atoms with Crippen molar-refractivity contribution >= 4 is 29.8 Å². The normalized spacial score (nSPS) is 15.0. The summed E-state index contributed by atoms with van der Waals surface area (Å²) in [4.78, 5) is 24.6. The number of allylic oxidation sites excluding steroid dienone is 1. The number of nitrogens with one attached hydrogen (secondary N) is 3. The Balaban J connectivity index is 1.40. The van der Waals surface area contributed by atoms with E-state index in [-0.39, 0.29) is 12.2 Å². The summed E-state index contributed by atoms with van der Waals surface area (Å²) in [5.74, 6) is 1.03. The van der Waals surface area contributed by atoms with Crippen LogP contribution >= 0.6 is 11.6 Å². The van der Waals surface area contributed by atoms with Crippen LogP contribution in [0.3, 0.4) is 0 Å². The van der Waals surface area contributed by atoms with Gasteiger partial charge in [0.15, 0.2) is 29.2 Å².